The van der Waals surface area contributed by atoms with Gasteiger partial charge in [0.25, 0.3) is 0 Å². The summed E-state index contributed by atoms with van der Waals surface area (Å²) in [6.45, 7) is 0.463. The van der Waals surface area contributed by atoms with Gasteiger partial charge < -0.3 is 14.8 Å². The van der Waals surface area contributed by atoms with Crippen molar-refractivity contribution >= 4 is 40.3 Å². The summed E-state index contributed by atoms with van der Waals surface area (Å²) in [5.41, 5.74) is 2.69. The molecular formula is C23H20INO3. The zero-order chi connectivity index (χ0) is 19.8. The molecule has 0 atom stereocenters. The van der Waals surface area contributed by atoms with Gasteiger partial charge in [-0.05, 0) is 76.2 Å². The van der Waals surface area contributed by atoms with E-state index >= 15 is 0 Å². The van der Waals surface area contributed by atoms with Crippen LogP contribution in [0, 0.1) is 3.57 Å². The zero-order valence-corrected chi connectivity index (χ0v) is 17.6. The second-order valence-corrected chi connectivity index (χ2v) is 7.26. The van der Waals surface area contributed by atoms with Crippen molar-refractivity contribution in [1.29, 1.82) is 0 Å². The van der Waals surface area contributed by atoms with Crippen LogP contribution >= 0.6 is 22.6 Å². The lowest BCUT2D eigenvalue weighted by molar-refractivity contribution is -0.111. The number of rotatable bonds is 7. The van der Waals surface area contributed by atoms with Crippen molar-refractivity contribution in [2.75, 3.05) is 12.4 Å². The van der Waals surface area contributed by atoms with Crippen LogP contribution in [0.5, 0.6) is 11.5 Å². The SMILES string of the molecule is COc1cc(C=CC(=O)Nc2ccc(I)cc2)ccc1OCc1ccccc1. The first-order valence-corrected chi connectivity index (χ1v) is 9.81. The number of benzene rings is 3. The summed E-state index contributed by atoms with van der Waals surface area (Å²) in [6, 6.07) is 23.1. The fourth-order valence-corrected chi connectivity index (χ4v) is 2.89. The van der Waals surface area contributed by atoms with Crippen molar-refractivity contribution in [2.24, 2.45) is 0 Å². The minimum Gasteiger partial charge on any atom is -0.493 e. The van der Waals surface area contributed by atoms with Gasteiger partial charge in [0.15, 0.2) is 11.5 Å². The fraction of sp³-hybridized carbons (Fsp3) is 0.0870. The van der Waals surface area contributed by atoms with E-state index in [1.165, 1.54) is 6.08 Å². The van der Waals surface area contributed by atoms with E-state index in [1.807, 2.05) is 72.8 Å². The highest BCUT2D eigenvalue weighted by atomic mass is 127. The van der Waals surface area contributed by atoms with Crippen LogP contribution in [0.2, 0.25) is 0 Å². The van der Waals surface area contributed by atoms with Crippen molar-refractivity contribution in [3.05, 3.63) is 93.6 Å². The van der Waals surface area contributed by atoms with Gasteiger partial charge in [-0.25, -0.2) is 0 Å². The number of nitrogens with one attached hydrogen (secondary N) is 1. The van der Waals surface area contributed by atoms with Crippen LogP contribution in [0.3, 0.4) is 0 Å². The Labute approximate surface area is 178 Å². The second-order valence-electron chi connectivity index (χ2n) is 6.01. The summed E-state index contributed by atoms with van der Waals surface area (Å²) in [4.78, 5) is 12.1. The van der Waals surface area contributed by atoms with Gasteiger partial charge in [0.05, 0.1) is 7.11 Å². The van der Waals surface area contributed by atoms with Crippen molar-refractivity contribution in [1.82, 2.24) is 0 Å². The largest absolute Gasteiger partial charge is 0.493 e. The van der Waals surface area contributed by atoms with E-state index in [9.17, 15) is 4.79 Å². The van der Waals surface area contributed by atoms with Crippen LogP contribution in [0.1, 0.15) is 11.1 Å². The Morgan fingerprint density at radius 2 is 1.75 bits per heavy atom. The molecule has 3 aromatic carbocycles. The maximum absolute atomic E-state index is 12.1. The highest BCUT2D eigenvalue weighted by Gasteiger charge is 2.06. The predicted octanol–water partition coefficient (Wildman–Crippen LogP) is 5.53. The van der Waals surface area contributed by atoms with Gasteiger partial charge in [-0.3, -0.25) is 4.79 Å². The number of hydrogen-bond acceptors (Lipinski definition) is 3. The van der Waals surface area contributed by atoms with Gasteiger partial charge in [-0.2, -0.15) is 0 Å². The van der Waals surface area contributed by atoms with Gasteiger partial charge in [0.1, 0.15) is 6.61 Å². The summed E-state index contributed by atoms with van der Waals surface area (Å²) < 4.78 is 12.4. The summed E-state index contributed by atoms with van der Waals surface area (Å²) in [7, 11) is 1.60. The Morgan fingerprint density at radius 3 is 2.46 bits per heavy atom. The van der Waals surface area contributed by atoms with Crippen molar-refractivity contribution < 1.29 is 14.3 Å². The molecular weight excluding hydrogens is 465 g/mol. The molecule has 0 spiro atoms. The topological polar surface area (TPSA) is 47.6 Å². The molecule has 0 aliphatic heterocycles. The van der Waals surface area contributed by atoms with Crippen LogP contribution in [0.4, 0.5) is 5.69 Å². The van der Waals surface area contributed by atoms with Crippen LogP contribution in [0.25, 0.3) is 6.08 Å². The van der Waals surface area contributed by atoms with Crippen LogP contribution in [-0.2, 0) is 11.4 Å². The number of carbonyl (C=O) groups excluding carboxylic acids is 1. The minimum absolute atomic E-state index is 0.190. The average Bonchev–Trinajstić information content (AvgIpc) is 2.73. The smallest absolute Gasteiger partial charge is 0.248 e. The Morgan fingerprint density at radius 1 is 1.00 bits per heavy atom. The number of hydrogen-bond donors (Lipinski definition) is 1. The third-order valence-electron chi connectivity index (χ3n) is 3.96. The second kappa shape index (κ2) is 9.94. The molecule has 0 aromatic heterocycles. The van der Waals surface area contributed by atoms with Gasteiger partial charge in [-0.15, -0.1) is 0 Å². The summed E-state index contributed by atoms with van der Waals surface area (Å²) in [5.74, 6) is 1.09. The first-order chi connectivity index (χ1) is 13.6. The standard InChI is InChI=1S/C23H20INO3/c1-27-22-15-17(7-13-21(22)28-16-18-5-3-2-4-6-18)8-14-23(26)25-20-11-9-19(24)10-12-20/h2-15H,16H2,1H3,(H,25,26). The maximum atomic E-state index is 12.1. The zero-order valence-electron chi connectivity index (χ0n) is 15.4. The molecule has 0 saturated carbocycles. The van der Waals surface area contributed by atoms with E-state index in [0.29, 0.717) is 18.1 Å². The van der Waals surface area contributed by atoms with Crippen LogP contribution < -0.4 is 14.8 Å². The number of ether oxygens (including phenoxy) is 2. The number of anilines is 1. The van der Waals surface area contributed by atoms with E-state index in [0.717, 1.165) is 20.4 Å². The lowest BCUT2D eigenvalue weighted by atomic mass is 10.2. The van der Waals surface area contributed by atoms with E-state index in [4.69, 9.17) is 9.47 Å². The molecule has 0 radical (unpaired) electrons. The molecule has 5 heteroatoms. The molecule has 0 aliphatic rings. The molecule has 142 valence electrons. The lowest BCUT2D eigenvalue weighted by Crippen LogP contribution is -2.07. The van der Waals surface area contributed by atoms with E-state index < -0.39 is 0 Å². The molecule has 3 rings (SSSR count). The Bertz CT molecular complexity index is 953. The van der Waals surface area contributed by atoms with Gasteiger partial charge in [-0.1, -0.05) is 36.4 Å². The third-order valence-corrected chi connectivity index (χ3v) is 4.68. The van der Waals surface area contributed by atoms with Gasteiger partial charge in [0.2, 0.25) is 5.91 Å². The molecule has 0 heterocycles. The van der Waals surface area contributed by atoms with Crippen molar-refractivity contribution in [3.8, 4) is 11.5 Å². The molecule has 0 fully saturated rings. The molecule has 0 bridgehead atoms. The van der Waals surface area contributed by atoms with E-state index in [-0.39, 0.29) is 5.91 Å². The molecule has 28 heavy (non-hydrogen) atoms. The maximum Gasteiger partial charge on any atom is 0.248 e. The molecule has 0 aliphatic carbocycles. The molecule has 3 aromatic rings. The van der Waals surface area contributed by atoms with E-state index in [1.54, 1.807) is 13.2 Å². The summed E-state index contributed by atoms with van der Waals surface area (Å²) in [5, 5.41) is 2.83. The molecule has 1 N–H and O–H groups in total. The Balaban J connectivity index is 1.63. The minimum atomic E-state index is -0.190. The molecule has 0 saturated heterocycles. The van der Waals surface area contributed by atoms with Crippen LogP contribution in [0.15, 0.2) is 78.9 Å². The highest BCUT2D eigenvalue weighted by molar-refractivity contribution is 14.1. The third kappa shape index (κ3) is 5.85. The van der Waals surface area contributed by atoms with Crippen molar-refractivity contribution in [3.63, 3.8) is 0 Å². The van der Waals surface area contributed by atoms with Crippen molar-refractivity contribution in [2.45, 2.75) is 6.61 Å². The molecule has 0 unspecified atom stereocenters. The monoisotopic (exact) mass is 485 g/mol. The number of amides is 1. The quantitative estimate of drug-likeness (QED) is 0.354. The summed E-state index contributed by atoms with van der Waals surface area (Å²) in [6.07, 6.45) is 3.24. The average molecular weight is 485 g/mol. The Kier molecular flexibility index (Phi) is 7.08. The predicted molar refractivity (Wildman–Crippen MR) is 121 cm³/mol. The first-order valence-electron chi connectivity index (χ1n) is 8.73. The van der Waals surface area contributed by atoms with Gasteiger partial charge >= 0.3 is 0 Å². The highest BCUT2D eigenvalue weighted by Crippen LogP contribution is 2.29. The number of halogens is 1. The normalized spacial score (nSPS) is 10.6. The van der Waals surface area contributed by atoms with E-state index in [2.05, 4.69) is 27.9 Å². The van der Waals surface area contributed by atoms with Crippen LogP contribution in [-0.4, -0.2) is 13.0 Å². The number of methoxy groups -OCH3 is 1. The summed E-state index contributed by atoms with van der Waals surface area (Å²) >= 11 is 2.22. The fourth-order valence-electron chi connectivity index (χ4n) is 2.53. The Hall–Kier alpha value is -2.80. The molecule has 4 nitrogen and oxygen atoms in total. The van der Waals surface area contributed by atoms with Gasteiger partial charge in [0, 0.05) is 15.3 Å². The lowest BCUT2D eigenvalue weighted by Gasteiger charge is -2.11. The molecule has 1 amide bonds. The first kappa shape index (κ1) is 19.9. The number of carbonyl (C=O) groups is 1.